The molecule has 1 N–H and O–H groups in total. The van der Waals surface area contributed by atoms with Crippen molar-refractivity contribution in [3.8, 4) is 0 Å². The predicted molar refractivity (Wildman–Crippen MR) is 118 cm³/mol. The van der Waals surface area contributed by atoms with Gasteiger partial charge in [-0.1, -0.05) is 42.5 Å². The van der Waals surface area contributed by atoms with Gasteiger partial charge in [0.2, 0.25) is 0 Å². The topological polar surface area (TPSA) is 37.8 Å². The molecule has 4 aromatic rings. The zero-order valence-electron chi connectivity index (χ0n) is 16.2. The van der Waals surface area contributed by atoms with E-state index >= 15 is 0 Å². The minimum absolute atomic E-state index is 0.751. The van der Waals surface area contributed by atoms with Gasteiger partial charge in [-0.3, -0.25) is 0 Å². The van der Waals surface area contributed by atoms with E-state index in [0.29, 0.717) is 0 Å². The molecule has 0 radical (unpaired) electrons. The number of aryl methyl sites for hydroxylation is 4. The third-order valence-corrected chi connectivity index (χ3v) is 6.65. The molecule has 2 aromatic heterocycles. The van der Waals surface area contributed by atoms with Gasteiger partial charge in [0.05, 0.1) is 5.39 Å². The van der Waals surface area contributed by atoms with Crippen molar-refractivity contribution in [2.45, 2.75) is 39.5 Å². The van der Waals surface area contributed by atoms with E-state index in [-0.39, 0.29) is 0 Å². The molecule has 28 heavy (non-hydrogen) atoms. The summed E-state index contributed by atoms with van der Waals surface area (Å²) in [4.78, 5) is 12.6. The number of hydrogen-bond acceptors (Lipinski definition) is 4. The van der Waals surface area contributed by atoms with E-state index in [1.54, 1.807) is 0 Å². The minimum Gasteiger partial charge on any atom is -0.339 e. The third-order valence-electron chi connectivity index (χ3n) is 5.46. The molecule has 0 saturated heterocycles. The van der Waals surface area contributed by atoms with Crippen LogP contribution in [0.4, 0.5) is 11.5 Å². The number of fused-ring (bicyclic) bond motifs is 3. The Kier molecular flexibility index (Phi) is 4.36. The summed E-state index contributed by atoms with van der Waals surface area (Å²) < 4.78 is 0. The fraction of sp³-hybridized carbons (Fsp3) is 0.250. The number of benzene rings is 2. The second-order valence-electron chi connectivity index (χ2n) is 7.63. The van der Waals surface area contributed by atoms with Crippen LogP contribution in [0.1, 0.15) is 39.4 Å². The molecule has 2 heterocycles. The number of aromatic nitrogens is 2. The van der Waals surface area contributed by atoms with Crippen molar-refractivity contribution < 1.29 is 0 Å². The summed E-state index contributed by atoms with van der Waals surface area (Å²) >= 11 is 1.85. The lowest BCUT2D eigenvalue weighted by Crippen LogP contribution is -2.03. The van der Waals surface area contributed by atoms with Crippen molar-refractivity contribution in [3.05, 3.63) is 81.5 Å². The largest absolute Gasteiger partial charge is 0.339 e. The minimum atomic E-state index is 0.751. The molecule has 1 aliphatic carbocycles. The number of nitrogens with zero attached hydrogens (tertiary/aromatic N) is 2. The summed E-state index contributed by atoms with van der Waals surface area (Å²) in [5.41, 5.74) is 6.30. The van der Waals surface area contributed by atoms with Gasteiger partial charge in [0, 0.05) is 17.0 Å². The predicted octanol–water partition coefficient (Wildman–Crippen LogP) is 6.13. The number of anilines is 2. The molecule has 0 spiro atoms. The van der Waals surface area contributed by atoms with E-state index in [0.717, 1.165) is 35.0 Å². The smallest absolute Gasteiger partial charge is 0.143 e. The molecule has 0 amide bonds. The third kappa shape index (κ3) is 3.18. The van der Waals surface area contributed by atoms with Crippen LogP contribution < -0.4 is 5.32 Å². The summed E-state index contributed by atoms with van der Waals surface area (Å²) in [6.45, 7) is 4.27. The van der Waals surface area contributed by atoms with Gasteiger partial charge in [-0.05, 0) is 61.4 Å². The maximum Gasteiger partial charge on any atom is 0.143 e. The zero-order chi connectivity index (χ0) is 19.1. The van der Waals surface area contributed by atoms with Gasteiger partial charge >= 0.3 is 0 Å². The number of thiophene rings is 1. The van der Waals surface area contributed by atoms with Crippen LogP contribution in [0.2, 0.25) is 0 Å². The number of rotatable bonds is 4. The van der Waals surface area contributed by atoms with E-state index in [9.17, 15) is 0 Å². The number of hydrogen-bond donors (Lipinski definition) is 1. The Labute approximate surface area is 169 Å². The molecule has 0 bridgehead atoms. The lowest BCUT2D eigenvalue weighted by molar-refractivity contribution is 0.916. The van der Waals surface area contributed by atoms with Gasteiger partial charge in [0.25, 0.3) is 0 Å². The SMILES string of the molecule is Cc1ccc(C)c(Nc2nc(Cc3ccccc3)nc3sc4c(c23)CCC4)c1. The van der Waals surface area contributed by atoms with Crippen LogP contribution in [-0.4, -0.2) is 9.97 Å². The van der Waals surface area contributed by atoms with Crippen LogP contribution in [-0.2, 0) is 19.3 Å². The Morgan fingerprint density at radius 2 is 1.86 bits per heavy atom. The standard InChI is InChI=1S/C24H23N3S/c1-15-11-12-16(2)19(13-15)25-23-22-18-9-6-10-20(18)28-24(22)27-21(26-23)14-17-7-4-3-5-8-17/h3-5,7-8,11-13H,6,9-10,14H2,1-2H3,(H,25,26,27). The first-order valence-corrected chi connectivity index (χ1v) is 10.7. The van der Waals surface area contributed by atoms with E-state index in [2.05, 4.69) is 61.6 Å². The Hall–Kier alpha value is -2.72. The van der Waals surface area contributed by atoms with Crippen molar-refractivity contribution in [1.29, 1.82) is 0 Å². The Morgan fingerprint density at radius 3 is 2.71 bits per heavy atom. The molecule has 2 aromatic carbocycles. The normalized spacial score (nSPS) is 13.1. The maximum absolute atomic E-state index is 5.00. The molecule has 0 saturated carbocycles. The fourth-order valence-electron chi connectivity index (χ4n) is 3.99. The van der Waals surface area contributed by atoms with E-state index in [1.165, 1.54) is 45.4 Å². The monoisotopic (exact) mass is 385 g/mol. The molecule has 1 aliphatic rings. The molecular formula is C24H23N3S. The Balaban J connectivity index is 1.63. The van der Waals surface area contributed by atoms with Gasteiger partial charge in [-0.15, -0.1) is 11.3 Å². The Morgan fingerprint density at radius 1 is 1.00 bits per heavy atom. The molecule has 0 atom stereocenters. The molecule has 0 aliphatic heterocycles. The van der Waals surface area contributed by atoms with Gasteiger partial charge in [-0.2, -0.15) is 0 Å². The first-order chi connectivity index (χ1) is 13.7. The van der Waals surface area contributed by atoms with Gasteiger partial charge in [0.15, 0.2) is 0 Å². The molecular weight excluding hydrogens is 362 g/mol. The van der Waals surface area contributed by atoms with E-state index < -0.39 is 0 Å². The second kappa shape index (κ2) is 7.02. The van der Waals surface area contributed by atoms with Crippen molar-refractivity contribution in [2.24, 2.45) is 0 Å². The summed E-state index contributed by atoms with van der Waals surface area (Å²) in [6.07, 6.45) is 4.30. The second-order valence-corrected chi connectivity index (χ2v) is 8.72. The molecule has 4 heteroatoms. The van der Waals surface area contributed by atoms with Crippen LogP contribution in [0.5, 0.6) is 0 Å². The average molecular weight is 386 g/mol. The molecule has 0 unspecified atom stereocenters. The van der Waals surface area contributed by atoms with Gasteiger partial charge in [0.1, 0.15) is 16.5 Å². The van der Waals surface area contributed by atoms with Crippen molar-refractivity contribution in [1.82, 2.24) is 9.97 Å². The first kappa shape index (κ1) is 17.4. The average Bonchev–Trinajstić information content (AvgIpc) is 3.26. The van der Waals surface area contributed by atoms with Crippen molar-refractivity contribution in [2.75, 3.05) is 5.32 Å². The van der Waals surface area contributed by atoms with Gasteiger partial charge < -0.3 is 5.32 Å². The van der Waals surface area contributed by atoms with Crippen LogP contribution in [0.25, 0.3) is 10.2 Å². The van der Waals surface area contributed by atoms with Crippen molar-refractivity contribution >= 4 is 33.1 Å². The first-order valence-electron chi connectivity index (χ1n) is 9.87. The van der Waals surface area contributed by atoms with Gasteiger partial charge in [-0.25, -0.2) is 9.97 Å². The maximum atomic E-state index is 5.00. The lowest BCUT2D eigenvalue weighted by Gasteiger charge is -2.13. The van der Waals surface area contributed by atoms with Crippen LogP contribution >= 0.6 is 11.3 Å². The molecule has 0 fully saturated rings. The molecule has 3 nitrogen and oxygen atoms in total. The number of nitrogens with one attached hydrogen (secondary N) is 1. The highest BCUT2D eigenvalue weighted by Crippen LogP contribution is 2.40. The fourth-order valence-corrected chi connectivity index (χ4v) is 5.27. The van der Waals surface area contributed by atoms with Crippen LogP contribution in [0.15, 0.2) is 48.5 Å². The quantitative estimate of drug-likeness (QED) is 0.459. The highest BCUT2D eigenvalue weighted by Gasteiger charge is 2.22. The van der Waals surface area contributed by atoms with E-state index in [4.69, 9.17) is 9.97 Å². The van der Waals surface area contributed by atoms with Crippen LogP contribution in [0, 0.1) is 13.8 Å². The summed E-state index contributed by atoms with van der Waals surface area (Å²) in [5.74, 6) is 1.84. The zero-order valence-corrected chi connectivity index (χ0v) is 17.1. The van der Waals surface area contributed by atoms with E-state index in [1.807, 2.05) is 17.4 Å². The molecule has 5 rings (SSSR count). The Bertz CT molecular complexity index is 1160. The van der Waals surface area contributed by atoms with Crippen molar-refractivity contribution in [3.63, 3.8) is 0 Å². The van der Waals surface area contributed by atoms with Crippen LogP contribution in [0.3, 0.4) is 0 Å². The highest BCUT2D eigenvalue weighted by atomic mass is 32.1. The lowest BCUT2D eigenvalue weighted by atomic mass is 10.1. The summed E-state index contributed by atoms with van der Waals surface area (Å²) in [6, 6.07) is 17.0. The summed E-state index contributed by atoms with van der Waals surface area (Å²) in [5, 5.41) is 4.89. The summed E-state index contributed by atoms with van der Waals surface area (Å²) in [7, 11) is 0. The highest BCUT2D eigenvalue weighted by molar-refractivity contribution is 7.19. The molecule has 140 valence electrons.